The third-order valence-corrected chi connectivity index (χ3v) is 3.53. The van der Waals surface area contributed by atoms with E-state index in [0.29, 0.717) is 13.0 Å². The van der Waals surface area contributed by atoms with Crippen LogP contribution in [0.2, 0.25) is 0 Å². The average Bonchev–Trinajstić information content (AvgIpc) is 3.10. The molecule has 5 heteroatoms. The highest BCUT2D eigenvalue weighted by Crippen LogP contribution is 2.12. The molecule has 1 N–H and O–H groups in total. The largest absolute Gasteiger partial charge is 0.371 e. The first-order valence-electron chi connectivity index (χ1n) is 6.78. The van der Waals surface area contributed by atoms with Crippen LogP contribution >= 0.6 is 0 Å². The van der Waals surface area contributed by atoms with Crippen molar-refractivity contribution in [3.8, 4) is 0 Å². The zero-order valence-electron chi connectivity index (χ0n) is 10.9. The molecule has 0 spiro atoms. The van der Waals surface area contributed by atoms with Crippen molar-refractivity contribution in [1.82, 2.24) is 14.3 Å². The van der Waals surface area contributed by atoms with Gasteiger partial charge in [-0.3, -0.25) is 9.20 Å². The van der Waals surface area contributed by atoms with Crippen molar-refractivity contribution >= 4 is 17.4 Å². The zero-order chi connectivity index (χ0) is 13.1. The minimum Gasteiger partial charge on any atom is -0.371 e. The number of likely N-dealkylation sites (tertiary alicyclic amines) is 1. The molecule has 1 saturated heterocycles. The molecule has 2 aromatic heterocycles. The Morgan fingerprint density at radius 1 is 1.32 bits per heavy atom. The fourth-order valence-corrected chi connectivity index (χ4v) is 2.51. The van der Waals surface area contributed by atoms with Crippen LogP contribution in [0.25, 0.3) is 5.65 Å². The molecule has 0 saturated carbocycles. The van der Waals surface area contributed by atoms with Crippen molar-refractivity contribution < 1.29 is 4.79 Å². The molecule has 2 aromatic rings. The van der Waals surface area contributed by atoms with Gasteiger partial charge in [0.1, 0.15) is 11.5 Å². The molecule has 0 aromatic carbocycles. The zero-order valence-corrected chi connectivity index (χ0v) is 10.9. The summed E-state index contributed by atoms with van der Waals surface area (Å²) in [6, 6.07) is 5.92. The topological polar surface area (TPSA) is 49.6 Å². The number of pyridine rings is 1. The Hall–Kier alpha value is -2.04. The summed E-state index contributed by atoms with van der Waals surface area (Å²) in [5, 5.41) is 3.30. The number of imidazole rings is 1. The van der Waals surface area contributed by atoms with Gasteiger partial charge in [0.15, 0.2) is 0 Å². The molecular weight excluding hydrogens is 240 g/mol. The van der Waals surface area contributed by atoms with E-state index in [1.165, 1.54) is 0 Å². The van der Waals surface area contributed by atoms with E-state index >= 15 is 0 Å². The standard InChI is InChI=1S/C14H18N4O/c19-14(17-9-1-2-10-17)6-7-15-12-4-3-5-13-16-8-11-18(12)13/h3-5,8,11,15H,1-2,6-7,9-10H2. The second-order valence-corrected chi connectivity index (χ2v) is 4.83. The predicted molar refractivity (Wildman–Crippen MR) is 74.1 cm³/mol. The molecule has 1 aliphatic heterocycles. The first kappa shape index (κ1) is 12.0. The molecule has 5 nitrogen and oxygen atoms in total. The maximum atomic E-state index is 11.9. The molecule has 1 fully saturated rings. The van der Waals surface area contributed by atoms with Gasteiger partial charge in [0, 0.05) is 38.4 Å². The predicted octanol–water partition coefficient (Wildman–Crippen LogP) is 1.76. The second kappa shape index (κ2) is 5.30. The van der Waals surface area contributed by atoms with Crippen LogP contribution in [0.4, 0.5) is 5.82 Å². The molecule has 0 radical (unpaired) electrons. The Morgan fingerprint density at radius 2 is 2.16 bits per heavy atom. The fraction of sp³-hybridized carbons (Fsp3) is 0.429. The van der Waals surface area contributed by atoms with Crippen molar-refractivity contribution in [1.29, 1.82) is 0 Å². The number of rotatable bonds is 4. The molecule has 3 heterocycles. The van der Waals surface area contributed by atoms with Crippen molar-refractivity contribution in [3.05, 3.63) is 30.6 Å². The van der Waals surface area contributed by atoms with E-state index in [4.69, 9.17) is 0 Å². The van der Waals surface area contributed by atoms with E-state index in [-0.39, 0.29) is 5.91 Å². The summed E-state index contributed by atoms with van der Waals surface area (Å²) in [5.74, 6) is 1.23. The van der Waals surface area contributed by atoms with E-state index in [0.717, 1.165) is 37.4 Å². The van der Waals surface area contributed by atoms with Crippen molar-refractivity contribution in [2.45, 2.75) is 19.3 Å². The van der Waals surface area contributed by atoms with Crippen LogP contribution in [-0.4, -0.2) is 39.8 Å². The molecule has 100 valence electrons. The summed E-state index contributed by atoms with van der Waals surface area (Å²) in [4.78, 5) is 18.1. The van der Waals surface area contributed by atoms with Crippen LogP contribution in [0.5, 0.6) is 0 Å². The highest BCUT2D eigenvalue weighted by atomic mass is 16.2. The van der Waals surface area contributed by atoms with E-state index in [2.05, 4.69) is 10.3 Å². The fourth-order valence-electron chi connectivity index (χ4n) is 2.51. The number of carbonyl (C=O) groups excluding carboxylic acids is 1. The molecule has 0 atom stereocenters. The van der Waals surface area contributed by atoms with E-state index < -0.39 is 0 Å². The molecule has 0 aliphatic carbocycles. The lowest BCUT2D eigenvalue weighted by atomic mass is 10.3. The van der Waals surface area contributed by atoms with Crippen molar-refractivity contribution in [2.24, 2.45) is 0 Å². The van der Waals surface area contributed by atoms with Gasteiger partial charge in [-0.25, -0.2) is 4.98 Å². The number of nitrogens with zero attached hydrogens (tertiary/aromatic N) is 3. The van der Waals surface area contributed by atoms with Gasteiger partial charge >= 0.3 is 0 Å². The molecule has 3 rings (SSSR count). The molecule has 1 amide bonds. The third kappa shape index (κ3) is 2.54. The molecule has 1 aliphatic rings. The molecule has 0 bridgehead atoms. The van der Waals surface area contributed by atoms with Crippen LogP contribution < -0.4 is 5.32 Å². The first-order valence-corrected chi connectivity index (χ1v) is 6.78. The quantitative estimate of drug-likeness (QED) is 0.909. The van der Waals surface area contributed by atoms with Gasteiger partial charge in [-0.05, 0) is 25.0 Å². The van der Waals surface area contributed by atoms with Crippen LogP contribution in [-0.2, 0) is 4.79 Å². The second-order valence-electron chi connectivity index (χ2n) is 4.83. The van der Waals surface area contributed by atoms with Crippen LogP contribution in [0.15, 0.2) is 30.6 Å². The Balaban J connectivity index is 1.57. The maximum Gasteiger partial charge on any atom is 0.224 e. The molecule has 0 unspecified atom stereocenters. The number of nitrogens with one attached hydrogen (secondary N) is 1. The highest BCUT2D eigenvalue weighted by molar-refractivity contribution is 5.77. The van der Waals surface area contributed by atoms with E-state index in [9.17, 15) is 4.79 Å². The number of hydrogen-bond acceptors (Lipinski definition) is 3. The van der Waals surface area contributed by atoms with E-state index in [1.54, 1.807) is 6.20 Å². The van der Waals surface area contributed by atoms with Crippen molar-refractivity contribution in [3.63, 3.8) is 0 Å². The number of anilines is 1. The normalized spacial score (nSPS) is 15.1. The third-order valence-electron chi connectivity index (χ3n) is 3.53. The lowest BCUT2D eigenvalue weighted by Crippen LogP contribution is -2.29. The Morgan fingerprint density at radius 3 is 3.00 bits per heavy atom. The number of fused-ring (bicyclic) bond motifs is 1. The minimum absolute atomic E-state index is 0.253. The number of aromatic nitrogens is 2. The van der Waals surface area contributed by atoms with Gasteiger partial charge in [0.05, 0.1) is 0 Å². The van der Waals surface area contributed by atoms with Gasteiger partial charge in [-0.1, -0.05) is 6.07 Å². The highest BCUT2D eigenvalue weighted by Gasteiger charge is 2.17. The number of carbonyl (C=O) groups is 1. The number of amides is 1. The van der Waals surface area contributed by atoms with Gasteiger partial charge in [-0.15, -0.1) is 0 Å². The summed E-state index contributed by atoms with van der Waals surface area (Å²) < 4.78 is 1.99. The summed E-state index contributed by atoms with van der Waals surface area (Å²) >= 11 is 0. The van der Waals surface area contributed by atoms with Gasteiger partial charge < -0.3 is 10.2 Å². The van der Waals surface area contributed by atoms with E-state index in [1.807, 2.05) is 33.7 Å². The van der Waals surface area contributed by atoms with Gasteiger partial charge in [-0.2, -0.15) is 0 Å². The van der Waals surface area contributed by atoms with Crippen LogP contribution in [0.1, 0.15) is 19.3 Å². The Labute approximate surface area is 112 Å². The van der Waals surface area contributed by atoms with Crippen LogP contribution in [0, 0.1) is 0 Å². The summed E-state index contributed by atoms with van der Waals surface area (Å²) in [7, 11) is 0. The smallest absolute Gasteiger partial charge is 0.224 e. The van der Waals surface area contributed by atoms with Gasteiger partial charge in [0.2, 0.25) is 5.91 Å². The molecular formula is C14H18N4O. The summed E-state index contributed by atoms with van der Waals surface area (Å²) in [5.41, 5.74) is 0.913. The SMILES string of the molecule is O=C(CCNc1cccc2nccn12)N1CCCC1. The summed E-state index contributed by atoms with van der Waals surface area (Å²) in [6.07, 6.45) is 6.53. The lowest BCUT2D eigenvalue weighted by molar-refractivity contribution is -0.129. The van der Waals surface area contributed by atoms with Gasteiger partial charge in [0.25, 0.3) is 0 Å². The van der Waals surface area contributed by atoms with Crippen LogP contribution in [0.3, 0.4) is 0 Å². The lowest BCUT2D eigenvalue weighted by Gasteiger charge is -2.15. The Bertz CT molecular complexity index is 572. The monoisotopic (exact) mass is 258 g/mol. The number of hydrogen-bond donors (Lipinski definition) is 1. The summed E-state index contributed by atoms with van der Waals surface area (Å²) in [6.45, 7) is 2.51. The maximum absolute atomic E-state index is 11.9. The minimum atomic E-state index is 0.253. The van der Waals surface area contributed by atoms with Crippen molar-refractivity contribution in [2.75, 3.05) is 25.0 Å². The average molecular weight is 258 g/mol. The molecule has 19 heavy (non-hydrogen) atoms. The first-order chi connectivity index (χ1) is 9.34. The Kier molecular flexibility index (Phi) is 3.35.